The van der Waals surface area contributed by atoms with Crippen molar-refractivity contribution in [2.75, 3.05) is 0 Å². The van der Waals surface area contributed by atoms with Crippen molar-refractivity contribution in [2.45, 2.75) is 33.3 Å². The zero-order chi connectivity index (χ0) is 19.4. The van der Waals surface area contributed by atoms with E-state index in [2.05, 4.69) is 6.92 Å². The summed E-state index contributed by atoms with van der Waals surface area (Å²) >= 11 is 5.89. The Morgan fingerprint density at radius 3 is 2.59 bits per heavy atom. The number of carbonyl (C=O) groups excluding carboxylic acids is 2. The van der Waals surface area contributed by atoms with Crippen molar-refractivity contribution < 1.29 is 23.5 Å². The molecule has 0 unspecified atom stereocenters. The minimum atomic E-state index is -0.496. The normalized spacial score (nSPS) is 18.9. The van der Waals surface area contributed by atoms with Crippen molar-refractivity contribution in [3.8, 4) is 5.75 Å². The summed E-state index contributed by atoms with van der Waals surface area (Å²) in [5, 5.41) is 0.0620. The number of ether oxygens (including phenoxy) is 2. The molecule has 0 bridgehead atoms. The van der Waals surface area contributed by atoms with E-state index in [9.17, 15) is 9.59 Å². The van der Waals surface area contributed by atoms with Crippen LogP contribution in [0.15, 0.2) is 46.9 Å². The van der Waals surface area contributed by atoms with E-state index < -0.39 is 5.97 Å². The fourth-order valence-electron chi connectivity index (χ4n) is 2.81. The van der Waals surface area contributed by atoms with E-state index in [1.165, 1.54) is 6.07 Å². The molecule has 3 rings (SSSR count). The highest BCUT2D eigenvalue weighted by molar-refractivity contribution is 6.29. The number of allylic oxidation sites excluding steroid dienone is 1. The van der Waals surface area contributed by atoms with Gasteiger partial charge in [-0.05, 0) is 49.4 Å². The number of aryl methyl sites for hydroxylation is 1. The van der Waals surface area contributed by atoms with Gasteiger partial charge in [0, 0.05) is 6.07 Å². The molecule has 1 aromatic carbocycles. The summed E-state index contributed by atoms with van der Waals surface area (Å²) in [6.07, 6.45) is 5.56. The first-order valence-electron chi connectivity index (χ1n) is 8.84. The van der Waals surface area contributed by atoms with E-state index in [1.54, 1.807) is 12.1 Å². The van der Waals surface area contributed by atoms with Crippen LogP contribution in [0.5, 0.6) is 5.75 Å². The minimum absolute atomic E-state index is 0.0620. The summed E-state index contributed by atoms with van der Waals surface area (Å²) < 4.78 is 16.0. The topological polar surface area (TPSA) is 65.7 Å². The van der Waals surface area contributed by atoms with Gasteiger partial charge in [-0.15, -0.1) is 0 Å². The largest absolute Gasteiger partial charge is 0.454 e. The van der Waals surface area contributed by atoms with E-state index in [4.69, 9.17) is 25.5 Å². The summed E-state index contributed by atoms with van der Waals surface area (Å²) in [5.41, 5.74) is 1.47. The maximum atomic E-state index is 12.4. The fourth-order valence-corrected chi connectivity index (χ4v) is 3.00. The van der Waals surface area contributed by atoms with Crippen LogP contribution in [0.3, 0.4) is 0 Å². The second kappa shape index (κ2) is 8.44. The molecule has 1 aliphatic rings. The van der Waals surface area contributed by atoms with Gasteiger partial charge in [-0.1, -0.05) is 36.8 Å². The van der Waals surface area contributed by atoms with E-state index >= 15 is 0 Å². The molecule has 6 heteroatoms. The summed E-state index contributed by atoms with van der Waals surface area (Å²) in [6.45, 7) is 3.86. The average molecular weight is 389 g/mol. The van der Waals surface area contributed by atoms with E-state index in [0.717, 1.165) is 18.4 Å². The molecule has 2 aromatic rings. The lowest BCUT2D eigenvalue weighted by Gasteiger charge is -2.18. The van der Waals surface area contributed by atoms with Crippen LogP contribution in [0.4, 0.5) is 0 Å². The highest BCUT2D eigenvalue weighted by atomic mass is 35.5. The molecule has 0 spiro atoms. The van der Waals surface area contributed by atoms with Crippen molar-refractivity contribution in [2.24, 2.45) is 11.8 Å². The van der Waals surface area contributed by atoms with Crippen LogP contribution in [-0.4, -0.2) is 11.9 Å². The molecule has 142 valence electrons. The Hall–Kier alpha value is -2.53. The van der Waals surface area contributed by atoms with E-state index in [0.29, 0.717) is 11.5 Å². The lowest BCUT2D eigenvalue weighted by Crippen LogP contribution is -2.22. The third-order valence-electron chi connectivity index (χ3n) is 4.48. The minimum Gasteiger partial charge on any atom is -0.454 e. The standard InChI is InChI=1S/C21H21ClO5/c1-13-3-7-15(8-4-13)20(23)25-12-18-17(11-19(22)26-18)27-21(24)16-9-5-14(2)6-10-16/h3-5,7-9,11,14,16H,6,10,12H2,1-2H3/t14-,16-/m1/s1. The van der Waals surface area contributed by atoms with Crippen molar-refractivity contribution in [3.05, 3.63) is 64.6 Å². The number of carbonyl (C=O) groups is 2. The van der Waals surface area contributed by atoms with Gasteiger partial charge in [0.25, 0.3) is 0 Å². The molecule has 0 amide bonds. The Morgan fingerprint density at radius 1 is 1.19 bits per heavy atom. The predicted octanol–water partition coefficient (Wildman–Crippen LogP) is 5.11. The Labute approximate surface area is 162 Å². The molecule has 0 radical (unpaired) electrons. The van der Waals surface area contributed by atoms with E-state index in [-0.39, 0.29) is 35.2 Å². The second-order valence-corrected chi connectivity index (χ2v) is 7.12. The summed E-state index contributed by atoms with van der Waals surface area (Å²) in [5.74, 6) is -0.326. The molecule has 1 aliphatic carbocycles. The Balaban J connectivity index is 1.63. The zero-order valence-corrected chi connectivity index (χ0v) is 16.0. The first kappa shape index (κ1) is 19.2. The number of hydrogen-bond donors (Lipinski definition) is 0. The maximum Gasteiger partial charge on any atom is 0.338 e. The fraction of sp³-hybridized carbons (Fsp3) is 0.333. The number of hydrogen-bond acceptors (Lipinski definition) is 5. The van der Waals surface area contributed by atoms with Gasteiger partial charge in [0.05, 0.1) is 11.5 Å². The second-order valence-electron chi connectivity index (χ2n) is 6.75. The van der Waals surface area contributed by atoms with Crippen molar-refractivity contribution >= 4 is 23.5 Å². The van der Waals surface area contributed by atoms with Gasteiger partial charge in [0.2, 0.25) is 0 Å². The Bertz CT molecular complexity index is 850. The third kappa shape index (κ3) is 5.01. The third-order valence-corrected chi connectivity index (χ3v) is 4.67. The van der Waals surface area contributed by atoms with Crippen LogP contribution < -0.4 is 4.74 Å². The molecular weight excluding hydrogens is 368 g/mol. The van der Waals surface area contributed by atoms with Crippen LogP contribution in [0.1, 0.15) is 41.4 Å². The molecule has 0 N–H and O–H groups in total. The molecule has 5 nitrogen and oxygen atoms in total. The highest BCUT2D eigenvalue weighted by Crippen LogP contribution is 2.30. The molecule has 0 saturated heterocycles. The van der Waals surface area contributed by atoms with Crippen LogP contribution >= 0.6 is 11.6 Å². The number of esters is 2. The molecule has 1 heterocycles. The number of halogens is 1. The Kier molecular flexibility index (Phi) is 6.01. The van der Waals surface area contributed by atoms with Gasteiger partial charge in [-0.2, -0.15) is 0 Å². The van der Waals surface area contributed by atoms with Crippen LogP contribution in [0.2, 0.25) is 5.22 Å². The molecule has 2 atom stereocenters. The van der Waals surface area contributed by atoms with Crippen molar-refractivity contribution in [1.29, 1.82) is 0 Å². The first-order chi connectivity index (χ1) is 12.9. The van der Waals surface area contributed by atoms with Gasteiger partial charge in [-0.25, -0.2) is 4.79 Å². The summed E-state index contributed by atoms with van der Waals surface area (Å²) in [4.78, 5) is 24.5. The van der Waals surface area contributed by atoms with Crippen LogP contribution in [0, 0.1) is 18.8 Å². The predicted molar refractivity (Wildman–Crippen MR) is 101 cm³/mol. The molecule has 0 fully saturated rings. The highest BCUT2D eigenvalue weighted by Gasteiger charge is 2.24. The number of furan rings is 1. The summed E-state index contributed by atoms with van der Waals surface area (Å²) in [7, 11) is 0. The number of rotatable bonds is 5. The molecule has 27 heavy (non-hydrogen) atoms. The average Bonchev–Trinajstić information content (AvgIpc) is 3.00. The van der Waals surface area contributed by atoms with Gasteiger partial charge >= 0.3 is 11.9 Å². The van der Waals surface area contributed by atoms with Crippen LogP contribution in [0.25, 0.3) is 0 Å². The SMILES string of the molecule is Cc1ccc(C(=O)OCc2oc(Cl)cc2OC(=O)[C@@H]2C=C[C@@H](C)CC2)cc1. The van der Waals surface area contributed by atoms with Gasteiger partial charge in [0.1, 0.15) is 0 Å². The molecule has 0 saturated carbocycles. The lowest BCUT2D eigenvalue weighted by atomic mass is 9.90. The van der Waals surface area contributed by atoms with Crippen molar-refractivity contribution in [3.63, 3.8) is 0 Å². The Morgan fingerprint density at radius 2 is 1.93 bits per heavy atom. The van der Waals surface area contributed by atoms with E-state index in [1.807, 2.05) is 31.2 Å². The summed E-state index contributed by atoms with van der Waals surface area (Å²) in [6, 6.07) is 8.43. The maximum absolute atomic E-state index is 12.4. The monoisotopic (exact) mass is 388 g/mol. The van der Waals surface area contributed by atoms with Crippen LogP contribution in [-0.2, 0) is 16.1 Å². The van der Waals surface area contributed by atoms with Crippen molar-refractivity contribution in [1.82, 2.24) is 0 Å². The first-order valence-corrected chi connectivity index (χ1v) is 9.22. The zero-order valence-electron chi connectivity index (χ0n) is 15.2. The molecular formula is C21H21ClO5. The smallest absolute Gasteiger partial charge is 0.338 e. The lowest BCUT2D eigenvalue weighted by molar-refractivity contribution is -0.137. The molecule has 1 aromatic heterocycles. The van der Waals surface area contributed by atoms with Gasteiger partial charge in [0.15, 0.2) is 23.3 Å². The van der Waals surface area contributed by atoms with Gasteiger partial charge < -0.3 is 13.9 Å². The molecule has 0 aliphatic heterocycles. The number of benzene rings is 1. The quantitative estimate of drug-likeness (QED) is 0.526. The van der Waals surface area contributed by atoms with Gasteiger partial charge in [-0.3, -0.25) is 4.79 Å².